The van der Waals surface area contributed by atoms with Crippen molar-refractivity contribution in [3.05, 3.63) is 46.8 Å². The van der Waals surface area contributed by atoms with Gasteiger partial charge in [-0.05, 0) is 52.3 Å². The highest BCUT2D eigenvalue weighted by atomic mass is 15.3. The quantitative estimate of drug-likeness (QED) is 0.907. The Kier molecular flexibility index (Phi) is 3.62. The van der Waals surface area contributed by atoms with E-state index in [9.17, 15) is 0 Å². The summed E-state index contributed by atoms with van der Waals surface area (Å²) >= 11 is 0. The summed E-state index contributed by atoms with van der Waals surface area (Å²) in [4.78, 5) is 0. The fourth-order valence-corrected chi connectivity index (χ4v) is 3.28. The molecule has 1 aliphatic rings. The minimum absolute atomic E-state index is 0.614. The van der Waals surface area contributed by atoms with E-state index < -0.39 is 0 Å². The number of hydrogen-bond donors (Lipinski definition) is 1. The molecule has 0 amide bonds. The first-order valence-corrected chi connectivity index (χ1v) is 7.50. The first kappa shape index (κ1) is 13.4. The van der Waals surface area contributed by atoms with Crippen LogP contribution >= 0.6 is 0 Å². The van der Waals surface area contributed by atoms with Crippen molar-refractivity contribution in [2.75, 3.05) is 13.1 Å². The molecule has 1 saturated heterocycles. The summed E-state index contributed by atoms with van der Waals surface area (Å²) in [7, 11) is 0. The molecule has 2 aromatic rings. The molecule has 3 nitrogen and oxygen atoms in total. The van der Waals surface area contributed by atoms with E-state index >= 15 is 0 Å². The summed E-state index contributed by atoms with van der Waals surface area (Å²) in [6.07, 6.45) is 2.54. The van der Waals surface area contributed by atoms with Crippen LogP contribution in [-0.2, 0) is 0 Å². The maximum atomic E-state index is 4.77. The highest BCUT2D eigenvalue weighted by Gasteiger charge is 2.23. The molecule has 0 bridgehead atoms. The minimum atomic E-state index is 0.614. The van der Waals surface area contributed by atoms with Crippen molar-refractivity contribution in [1.29, 1.82) is 0 Å². The van der Waals surface area contributed by atoms with E-state index in [1.54, 1.807) is 0 Å². The Hall–Kier alpha value is -1.61. The standard InChI is InChI=1S/C17H23N3/c1-12-6-8-16(9-7-12)20-14(3)17(13(2)19-20)15-5-4-10-18-11-15/h6-9,15,18H,4-5,10-11H2,1-3H3. The number of aryl methyl sites for hydroxylation is 2. The van der Waals surface area contributed by atoms with Gasteiger partial charge in [-0.3, -0.25) is 0 Å². The molecule has 0 radical (unpaired) electrons. The molecule has 20 heavy (non-hydrogen) atoms. The molecule has 0 aliphatic carbocycles. The van der Waals surface area contributed by atoms with Crippen molar-refractivity contribution >= 4 is 0 Å². The van der Waals surface area contributed by atoms with Gasteiger partial charge in [0.15, 0.2) is 0 Å². The average Bonchev–Trinajstić information content (AvgIpc) is 2.76. The first-order valence-electron chi connectivity index (χ1n) is 7.50. The lowest BCUT2D eigenvalue weighted by atomic mass is 9.90. The van der Waals surface area contributed by atoms with Crippen molar-refractivity contribution in [2.24, 2.45) is 0 Å². The number of nitrogens with zero attached hydrogens (tertiary/aromatic N) is 2. The Labute approximate surface area is 121 Å². The molecule has 1 N–H and O–H groups in total. The fourth-order valence-electron chi connectivity index (χ4n) is 3.28. The van der Waals surface area contributed by atoms with Crippen LogP contribution in [0.15, 0.2) is 24.3 Å². The van der Waals surface area contributed by atoms with Gasteiger partial charge in [0.05, 0.1) is 11.4 Å². The van der Waals surface area contributed by atoms with E-state index in [1.165, 1.54) is 35.4 Å². The maximum Gasteiger partial charge on any atom is 0.0649 e. The molecule has 106 valence electrons. The summed E-state index contributed by atoms with van der Waals surface area (Å²) in [5.41, 5.74) is 6.35. The second-order valence-corrected chi connectivity index (χ2v) is 5.88. The first-order chi connectivity index (χ1) is 9.66. The molecule has 3 heteroatoms. The van der Waals surface area contributed by atoms with Crippen LogP contribution in [0.5, 0.6) is 0 Å². The highest BCUT2D eigenvalue weighted by Crippen LogP contribution is 2.30. The summed E-state index contributed by atoms with van der Waals surface area (Å²) < 4.78 is 2.10. The van der Waals surface area contributed by atoms with E-state index in [0.717, 1.165) is 18.8 Å². The summed E-state index contributed by atoms with van der Waals surface area (Å²) in [5, 5.41) is 8.28. The van der Waals surface area contributed by atoms with Gasteiger partial charge in [-0.15, -0.1) is 0 Å². The van der Waals surface area contributed by atoms with Crippen LogP contribution in [-0.4, -0.2) is 22.9 Å². The van der Waals surface area contributed by atoms with Gasteiger partial charge in [-0.1, -0.05) is 17.7 Å². The molecule has 0 spiro atoms. The van der Waals surface area contributed by atoms with Crippen LogP contribution in [0, 0.1) is 20.8 Å². The van der Waals surface area contributed by atoms with Crippen molar-refractivity contribution in [1.82, 2.24) is 15.1 Å². The van der Waals surface area contributed by atoms with E-state index in [0.29, 0.717) is 5.92 Å². The molecular formula is C17H23N3. The Morgan fingerprint density at radius 2 is 1.90 bits per heavy atom. The number of piperidine rings is 1. The predicted octanol–water partition coefficient (Wildman–Crippen LogP) is 3.26. The van der Waals surface area contributed by atoms with Gasteiger partial charge in [-0.25, -0.2) is 4.68 Å². The Balaban J connectivity index is 1.99. The molecule has 1 atom stereocenters. The van der Waals surface area contributed by atoms with Crippen LogP contribution in [0.1, 0.15) is 41.3 Å². The van der Waals surface area contributed by atoms with Gasteiger partial charge in [0.1, 0.15) is 0 Å². The molecule has 1 fully saturated rings. The lowest BCUT2D eigenvalue weighted by Crippen LogP contribution is -2.28. The van der Waals surface area contributed by atoms with Gasteiger partial charge in [-0.2, -0.15) is 5.10 Å². The summed E-state index contributed by atoms with van der Waals surface area (Å²) in [5.74, 6) is 0.614. The van der Waals surface area contributed by atoms with E-state index in [2.05, 4.69) is 55.0 Å². The van der Waals surface area contributed by atoms with Crippen molar-refractivity contribution in [3.63, 3.8) is 0 Å². The van der Waals surface area contributed by atoms with E-state index in [-0.39, 0.29) is 0 Å². The number of benzene rings is 1. The van der Waals surface area contributed by atoms with Crippen LogP contribution in [0.4, 0.5) is 0 Å². The normalized spacial score (nSPS) is 19.2. The van der Waals surface area contributed by atoms with Gasteiger partial charge < -0.3 is 5.32 Å². The van der Waals surface area contributed by atoms with Gasteiger partial charge in [0.25, 0.3) is 0 Å². The molecule has 2 heterocycles. The van der Waals surface area contributed by atoms with E-state index in [1.807, 2.05) is 0 Å². The number of nitrogens with one attached hydrogen (secondary N) is 1. The Bertz CT molecular complexity index is 589. The zero-order valence-corrected chi connectivity index (χ0v) is 12.6. The monoisotopic (exact) mass is 269 g/mol. The summed E-state index contributed by atoms with van der Waals surface area (Å²) in [6, 6.07) is 8.59. The van der Waals surface area contributed by atoms with Crippen molar-refractivity contribution < 1.29 is 0 Å². The minimum Gasteiger partial charge on any atom is -0.316 e. The van der Waals surface area contributed by atoms with Crippen LogP contribution < -0.4 is 5.32 Å². The molecule has 1 aromatic carbocycles. The SMILES string of the molecule is Cc1ccc(-n2nc(C)c(C3CCCNC3)c2C)cc1. The van der Waals surface area contributed by atoms with Crippen molar-refractivity contribution in [2.45, 2.75) is 39.5 Å². The average molecular weight is 269 g/mol. The van der Waals surface area contributed by atoms with Crippen LogP contribution in [0.25, 0.3) is 5.69 Å². The van der Waals surface area contributed by atoms with E-state index in [4.69, 9.17) is 5.10 Å². The molecule has 1 unspecified atom stereocenters. The second-order valence-electron chi connectivity index (χ2n) is 5.88. The number of rotatable bonds is 2. The number of hydrogen-bond acceptors (Lipinski definition) is 2. The molecular weight excluding hydrogens is 246 g/mol. The molecule has 1 aliphatic heterocycles. The van der Waals surface area contributed by atoms with Gasteiger partial charge in [0, 0.05) is 23.7 Å². The molecule has 0 saturated carbocycles. The third kappa shape index (κ3) is 2.38. The van der Waals surface area contributed by atoms with Crippen LogP contribution in [0.2, 0.25) is 0 Å². The topological polar surface area (TPSA) is 29.9 Å². The third-order valence-electron chi connectivity index (χ3n) is 4.33. The second kappa shape index (κ2) is 5.41. The largest absolute Gasteiger partial charge is 0.316 e. The predicted molar refractivity (Wildman–Crippen MR) is 82.6 cm³/mol. The Morgan fingerprint density at radius 3 is 2.55 bits per heavy atom. The zero-order chi connectivity index (χ0) is 14.1. The Morgan fingerprint density at radius 1 is 1.15 bits per heavy atom. The smallest absolute Gasteiger partial charge is 0.0649 e. The third-order valence-corrected chi connectivity index (χ3v) is 4.33. The lowest BCUT2D eigenvalue weighted by molar-refractivity contribution is 0.459. The highest BCUT2D eigenvalue weighted by molar-refractivity contribution is 5.40. The van der Waals surface area contributed by atoms with Gasteiger partial charge in [0.2, 0.25) is 0 Å². The van der Waals surface area contributed by atoms with Crippen molar-refractivity contribution in [3.8, 4) is 5.69 Å². The zero-order valence-electron chi connectivity index (χ0n) is 12.6. The lowest BCUT2D eigenvalue weighted by Gasteiger charge is -2.23. The molecule has 3 rings (SSSR count). The van der Waals surface area contributed by atoms with Crippen LogP contribution in [0.3, 0.4) is 0 Å². The summed E-state index contributed by atoms with van der Waals surface area (Å²) in [6.45, 7) is 8.69. The maximum absolute atomic E-state index is 4.77. The molecule has 1 aromatic heterocycles. The number of aromatic nitrogens is 2. The van der Waals surface area contributed by atoms with Gasteiger partial charge >= 0.3 is 0 Å². The fraction of sp³-hybridized carbons (Fsp3) is 0.471.